The predicted molar refractivity (Wildman–Crippen MR) is 291 cm³/mol. The largest absolute Gasteiger partial charge is 0.492 e. The molecule has 370 valence electrons. The van der Waals surface area contributed by atoms with Gasteiger partial charge in [-0.3, -0.25) is 0 Å². The number of rotatable bonds is 32. The molecule has 0 unspecified atom stereocenters. The Hall–Kier alpha value is -6.26. The molecule has 0 aliphatic heterocycles. The minimum Gasteiger partial charge on any atom is -0.492 e. The molecule has 0 spiro atoms. The highest BCUT2D eigenvalue weighted by molar-refractivity contribution is 5.61. The van der Waals surface area contributed by atoms with Crippen LogP contribution in [-0.2, 0) is 0 Å². The second-order valence-electron chi connectivity index (χ2n) is 18.1. The van der Waals surface area contributed by atoms with Gasteiger partial charge in [-0.05, 0) is 61.8 Å². The number of benzene rings is 2. The van der Waals surface area contributed by atoms with Gasteiger partial charge in [0.05, 0.1) is 48.7 Å². The topological polar surface area (TPSA) is 62.7 Å². The van der Waals surface area contributed by atoms with Gasteiger partial charge in [0.2, 0.25) is 0 Å². The second kappa shape index (κ2) is 35.8. The van der Waals surface area contributed by atoms with E-state index in [1.807, 2.05) is 48.5 Å². The van der Waals surface area contributed by atoms with Crippen LogP contribution in [0.3, 0.4) is 0 Å². The highest BCUT2D eigenvalue weighted by Gasteiger charge is 2.13. The van der Waals surface area contributed by atoms with Gasteiger partial charge in [0, 0.05) is 47.8 Å². The molecule has 0 atom stereocenters. The van der Waals surface area contributed by atoms with Crippen molar-refractivity contribution < 1.29 is 18.9 Å². The number of unbranched alkanes of at least 4 members (excludes halogenated alkanes) is 20. The monoisotopic (exact) mass is 941 g/mol. The number of hydrogen-bond acceptors (Lipinski definition) is 6. The summed E-state index contributed by atoms with van der Waals surface area (Å²) in [6.45, 7) is 11.3. The summed E-state index contributed by atoms with van der Waals surface area (Å²) in [5, 5.41) is 0. The van der Waals surface area contributed by atoms with Crippen LogP contribution < -0.4 is 18.9 Å². The molecule has 6 heteroatoms. The summed E-state index contributed by atoms with van der Waals surface area (Å²) < 4.78 is 25.5. The normalized spacial score (nSPS) is 10.4. The fourth-order valence-corrected chi connectivity index (χ4v) is 7.76. The lowest BCUT2D eigenvalue weighted by Gasteiger charge is -2.14. The van der Waals surface area contributed by atoms with E-state index in [2.05, 4.69) is 80.0 Å². The van der Waals surface area contributed by atoms with Crippen LogP contribution in [-0.4, -0.2) is 36.4 Å². The van der Waals surface area contributed by atoms with Crippen LogP contribution >= 0.6 is 0 Å². The third kappa shape index (κ3) is 22.4. The number of aromatic nitrogens is 2. The zero-order valence-corrected chi connectivity index (χ0v) is 43.3. The summed E-state index contributed by atoms with van der Waals surface area (Å²) in [7, 11) is 0. The first-order valence-electron chi connectivity index (χ1n) is 26.8. The SMILES string of the molecule is C#Cc1ccc(C#Cc2cc(OCCCCCCCC)c(C#Cc3ccc(C#Cc4cc(OCCCCCCCC)c(C#C)cc4OCCCCCCCC)nc3)cc2OCCCCCCCC)nc1. The lowest BCUT2D eigenvalue weighted by Crippen LogP contribution is -2.03. The highest BCUT2D eigenvalue weighted by atomic mass is 16.5. The Balaban J connectivity index is 1.61. The first-order chi connectivity index (χ1) is 34.5. The number of nitrogens with zero attached hydrogens (tertiary/aromatic N) is 2. The second-order valence-corrected chi connectivity index (χ2v) is 18.1. The van der Waals surface area contributed by atoms with E-state index < -0.39 is 0 Å². The van der Waals surface area contributed by atoms with Crippen molar-refractivity contribution in [2.24, 2.45) is 0 Å². The molecule has 0 N–H and O–H groups in total. The van der Waals surface area contributed by atoms with Gasteiger partial charge in [-0.2, -0.15) is 0 Å². The molecule has 4 aromatic rings. The highest BCUT2D eigenvalue weighted by Crippen LogP contribution is 2.31. The maximum Gasteiger partial charge on any atom is 0.136 e. The molecule has 0 aliphatic carbocycles. The Bertz CT molecular complexity index is 2390. The molecule has 0 radical (unpaired) electrons. The van der Waals surface area contributed by atoms with Crippen LogP contribution in [0, 0.1) is 60.2 Å². The number of ether oxygens (including phenoxy) is 4. The molecular formula is C64H80N2O4. The lowest BCUT2D eigenvalue weighted by molar-refractivity contribution is 0.295. The predicted octanol–water partition coefficient (Wildman–Crippen LogP) is 15.6. The minimum absolute atomic E-state index is 0.583. The average molecular weight is 941 g/mol. The Labute approximate surface area is 424 Å². The molecule has 0 saturated heterocycles. The Morgan fingerprint density at radius 1 is 0.343 bits per heavy atom. The summed E-state index contributed by atoms with van der Waals surface area (Å²) in [5.41, 5.74) is 5.55. The van der Waals surface area contributed by atoms with Gasteiger partial charge < -0.3 is 18.9 Å². The minimum atomic E-state index is 0.583. The van der Waals surface area contributed by atoms with E-state index in [9.17, 15) is 0 Å². The van der Waals surface area contributed by atoms with Crippen LogP contribution in [0.15, 0.2) is 60.9 Å². The molecule has 2 aromatic carbocycles. The van der Waals surface area contributed by atoms with Crippen LogP contribution in [0.2, 0.25) is 0 Å². The van der Waals surface area contributed by atoms with Crippen molar-refractivity contribution in [3.63, 3.8) is 0 Å². The van der Waals surface area contributed by atoms with E-state index in [0.717, 1.165) is 73.6 Å². The van der Waals surface area contributed by atoms with Gasteiger partial charge >= 0.3 is 0 Å². The third-order valence-electron chi connectivity index (χ3n) is 12.0. The van der Waals surface area contributed by atoms with Crippen LogP contribution in [0.25, 0.3) is 0 Å². The fraction of sp³-hybridized carbons (Fsp3) is 0.500. The van der Waals surface area contributed by atoms with Crippen molar-refractivity contribution in [3.8, 4) is 83.2 Å². The van der Waals surface area contributed by atoms with Crippen molar-refractivity contribution in [3.05, 3.63) is 106 Å². The zero-order chi connectivity index (χ0) is 49.7. The van der Waals surface area contributed by atoms with Gasteiger partial charge in [0.1, 0.15) is 34.4 Å². The van der Waals surface area contributed by atoms with E-state index in [4.69, 9.17) is 36.8 Å². The number of hydrogen-bond donors (Lipinski definition) is 0. The van der Waals surface area contributed by atoms with E-state index in [1.165, 1.54) is 103 Å². The summed E-state index contributed by atoms with van der Waals surface area (Å²) in [5.74, 6) is 28.0. The van der Waals surface area contributed by atoms with Gasteiger partial charge in [-0.15, -0.1) is 12.8 Å². The van der Waals surface area contributed by atoms with Crippen LogP contribution in [0.5, 0.6) is 23.0 Å². The molecule has 0 bridgehead atoms. The molecule has 0 fully saturated rings. The summed E-state index contributed by atoms with van der Waals surface area (Å²) >= 11 is 0. The molecule has 0 amide bonds. The first kappa shape index (κ1) is 56.3. The smallest absolute Gasteiger partial charge is 0.136 e. The van der Waals surface area contributed by atoms with Crippen molar-refractivity contribution in [2.75, 3.05) is 26.4 Å². The zero-order valence-electron chi connectivity index (χ0n) is 43.3. The van der Waals surface area contributed by atoms with Gasteiger partial charge in [0.25, 0.3) is 0 Å². The first-order valence-corrected chi connectivity index (χ1v) is 26.8. The fourth-order valence-electron chi connectivity index (χ4n) is 7.76. The van der Waals surface area contributed by atoms with Crippen molar-refractivity contribution in [1.82, 2.24) is 9.97 Å². The maximum atomic E-state index is 6.48. The van der Waals surface area contributed by atoms with Crippen LogP contribution in [0.1, 0.15) is 227 Å². The third-order valence-corrected chi connectivity index (χ3v) is 12.0. The summed E-state index contributed by atoms with van der Waals surface area (Å²) in [6.07, 6.45) is 43.2. The Kier molecular flexibility index (Phi) is 28.8. The standard InChI is InChI=1S/C64H80N2O4/c1-7-13-17-21-25-29-43-67-61-48-57(62(47-55(61)12-6)68-44-30-26-22-18-14-8-2)37-42-60-40-35-54(52-66-60)33-36-56-49-64(70-46-32-28-24-20-16-10-4)58(38-41-59-39-34-53(11-5)51-65-59)50-63(56)69-45-31-27-23-19-15-9-3/h5-6,34-35,39-40,47-52H,7-10,13-32,43-46H2,1-4H3. The van der Waals surface area contributed by atoms with Crippen LogP contribution in [0.4, 0.5) is 0 Å². The Morgan fingerprint density at radius 3 is 0.986 bits per heavy atom. The van der Waals surface area contributed by atoms with E-state index in [1.54, 1.807) is 12.4 Å². The number of pyridine rings is 2. The van der Waals surface area contributed by atoms with E-state index >= 15 is 0 Å². The van der Waals surface area contributed by atoms with E-state index in [0.29, 0.717) is 71.9 Å². The maximum absolute atomic E-state index is 6.48. The Morgan fingerprint density at radius 2 is 0.657 bits per heavy atom. The van der Waals surface area contributed by atoms with E-state index in [-0.39, 0.29) is 0 Å². The molecule has 2 heterocycles. The average Bonchev–Trinajstić information content (AvgIpc) is 3.39. The van der Waals surface area contributed by atoms with Gasteiger partial charge in [-0.1, -0.05) is 192 Å². The van der Waals surface area contributed by atoms with Gasteiger partial charge in [-0.25, -0.2) is 9.97 Å². The molecule has 6 nitrogen and oxygen atoms in total. The quantitative estimate of drug-likeness (QED) is 0.0359. The molecule has 0 saturated carbocycles. The lowest BCUT2D eigenvalue weighted by atomic mass is 10.1. The van der Waals surface area contributed by atoms with Crippen molar-refractivity contribution in [1.29, 1.82) is 0 Å². The van der Waals surface area contributed by atoms with Crippen molar-refractivity contribution in [2.45, 2.75) is 182 Å². The number of terminal acetylenes is 2. The summed E-state index contributed by atoms with van der Waals surface area (Å²) in [6, 6.07) is 15.3. The molecule has 70 heavy (non-hydrogen) atoms. The van der Waals surface area contributed by atoms with Gasteiger partial charge in [0.15, 0.2) is 0 Å². The molecule has 2 aromatic heterocycles. The van der Waals surface area contributed by atoms with Crippen molar-refractivity contribution >= 4 is 0 Å². The molecule has 0 aliphatic rings. The summed E-state index contributed by atoms with van der Waals surface area (Å²) in [4.78, 5) is 9.16. The molecule has 4 rings (SSSR count). The molecular weight excluding hydrogens is 861 g/mol.